The second-order valence-corrected chi connectivity index (χ2v) is 25.8. The number of aromatic nitrogens is 1. The molecule has 7 heteroatoms. The van der Waals surface area contributed by atoms with Crippen LogP contribution < -0.4 is 31.1 Å². The molecule has 0 saturated heterocycles. The first kappa shape index (κ1) is 49.3. The molecule has 0 amide bonds. The van der Waals surface area contributed by atoms with Crippen molar-refractivity contribution in [3.05, 3.63) is 210 Å². The lowest BCUT2D eigenvalue weighted by Gasteiger charge is -2.45. The van der Waals surface area contributed by atoms with Gasteiger partial charge in [-0.15, -0.1) is 0 Å². The molecule has 0 radical (unpaired) electrons. The fraction of sp³-hybridized carbons (Fsp3) is 0.225. The van der Waals surface area contributed by atoms with Gasteiger partial charge in [-0.2, -0.15) is 0 Å². The molecule has 386 valence electrons. The molecule has 0 N–H and O–H groups in total. The van der Waals surface area contributed by atoms with Crippen molar-refractivity contribution in [1.29, 1.82) is 0 Å². The SMILES string of the molecule is CC(C)(C)c1ccc(-c2nc3cc4c(cc3o2)N(c2ccc3oc5ccc(C(C)(C)C)cc5c3c2)c2cc(C(C)(C)C)cc3c2B4c2ccc(N(c4ccccc4)c4ccccc4)cc2N3c2ccc(C(C)(C)C)cc2)cc1. The van der Waals surface area contributed by atoms with E-state index in [0.29, 0.717) is 5.89 Å². The Morgan fingerprint density at radius 2 is 0.897 bits per heavy atom. The van der Waals surface area contributed by atoms with Gasteiger partial charge in [-0.3, -0.25) is 0 Å². The lowest BCUT2D eigenvalue weighted by atomic mass is 9.33. The summed E-state index contributed by atoms with van der Waals surface area (Å²) in [4.78, 5) is 12.7. The molecule has 0 bridgehead atoms. The van der Waals surface area contributed by atoms with Crippen molar-refractivity contribution >= 4 is 107 Å². The Balaban J connectivity index is 1.11. The van der Waals surface area contributed by atoms with E-state index in [1.165, 1.54) is 33.2 Å². The van der Waals surface area contributed by atoms with Crippen LogP contribution in [0.4, 0.5) is 51.2 Å². The van der Waals surface area contributed by atoms with E-state index in [9.17, 15) is 0 Å². The molecule has 0 aliphatic carbocycles. The zero-order chi connectivity index (χ0) is 54.2. The third-order valence-corrected chi connectivity index (χ3v) is 16.3. The van der Waals surface area contributed by atoms with Gasteiger partial charge in [0, 0.05) is 73.6 Å². The van der Waals surface area contributed by atoms with Gasteiger partial charge in [-0.1, -0.05) is 156 Å². The smallest absolute Gasteiger partial charge is 0.252 e. The Labute approximate surface area is 460 Å². The molecule has 0 saturated carbocycles. The van der Waals surface area contributed by atoms with E-state index in [0.717, 1.165) is 95.3 Å². The Morgan fingerprint density at radius 1 is 0.385 bits per heavy atom. The van der Waals surface area contributed by atoms with Crippen LogP contribution in [-0.4, -0.2) is 11.7 Å². The molecule has 0 fully saturated rings. The monoisotopic (exact) mass is 1020 g/mol. The number of benzene rings is 9. The van der Waals surface area contributed by atoms with Gasteiger partial charge in [0.05, 0.1) is 0 Å². The number of furan rings is 1. The third kappa shape index (κ3) is 8.29. The molecule has 6 nitrogen and oxygen atoms in total. The van der Waals surface area contributed by atoms with Crippen LogP contribution in [0.2, 0.25) is 0 Å². The van der Waals surface area contributed by atoms with Gasteiger partial charge >= 0.3 is 0 Å². The van der Waals surface area contributed by atoms with Gasteiger partial charge < -0.3 is 23.5 Å². The zero-order valence-corrected chi connectivity index (χ0v) is 47.1. The summed E-state index contributed by atoms with van der Waals surface area (Å²) in [5, 5.41) is 2.20. The number of fused-ring (bicyclic) bond motifs is 8. The van der Waals surface area contributed by atoms with E-state index >= 15 is 0 Å². The minimum Gasteiger partial charge on any atom is -0.456 e. The lowest BCUT2D eigenvalue weighted by molar-refractivity contribution is 0.589. The summed E-state index contributed by atoms with van der Waals surface area (Å²) >= 11 is 0. The fourth-order valence-electron chi connectivity index (χ4n) is 11.8. The van der Waals surface area contributed by atoms with E-state index < -0.39 is 0 Å². The summed E-state index contributed by atoms with van der Waals surface area (Å²) in [5.74, 6) is 0.606. The molecule has 0 spiro atoms. The second-order valence-electron chi connectivity index (χ2n) is 25.8. The molecular weight excluding hydrogens is 952 g/mol. The molecule has 13 rings (SSSR count). The molecule has 11 aromatic rings. The van der Waals surface area contributed by atoms with Gasteiger partial charge in [0.2, 0.25) is 5.89 Å². The highest BCUT2D eigenvalue weighted by atomic mass is 16.3. The summed E-state index contributed by atoms with van der Waals surface area (Å²) < 4.78 is 13.5. The minimum absolute atomic E-state index is 0.0179. The summed E-state index contributed by atoms with van der Waals surface area (Å²) in [6, 6.07) is 69.5. The van der Waals surface area contributed by atoms with Gasteiger partial charge in [-0.05, 0) is 169 Å². The highest BCUT2D eigenvalue weighted by molar-refractivity contribution is 7.00. The summed E-state index contributed by atoms with van der Waals surface area (Å²) in [5.41, 5.74) is 22.6. The quantitative estimate of drug-likeness (QED) is 0.155. The molecular formula is C71H67BN4O2. The first-order valence-electron chi connectivity index (χ1n) is 27.6. The summed E-state index contributed by atoms with van der Waals surface area (Å²) in [7, 11) is 0. The van der Waals surface area contributed by atoms with E-state index in [4.69, 9.17) is 13.8 Å². The van der Waals surface area contributed by atoms with Crippen molar-refractivity contribution in [2.75, 3.05) is 14.7 Å². The van der Waals surface area contributed by atoms with Crippen LogP contribution in [0.5, 0.6) is 0 Å². The Morgan fingerprint density at radius 3 is 1.49 bits per heavy atom. The van der Waals surface area contributed by atoms with Crippen molar-refractivity contribution in [3.63, 3.8) is 0 Å². The molecule has 78 heavy (non-hydrogen) atoms. The van der Waals surface area contributed by atoms with Gasteiger partial charge in [0.1, 0.15) is 16.7 Å². The number of para-hydroxylation sites is 2. The molecule has 0 atom stereocenters. The highest BCUT2D eigenvalue weighted by Crippen LogP contribution is 2.49. The van der Waals surface area contributed by atoms with Crippen molar-refractivity contribution in [2.24, 2.45) is 0 Å². The maximum absolute atomic E-state index is 6.90. The Kier molecular flexibility index (Phi) is 11.1. The van der Waals surface area contributed by atoms with E-state index in [1.54, 1.807) is 0 Å². The van der Waals surface area contributed by atoms with Crippen LogP contribution >= 0.6 is 0 Å². The van der Waals surface area contributed by atoms with Crippen molar-refractivity contribution in [1.82, 2.24) is 4.98 Å². The number of hydrogen-bond acceptors (Lipinski definition) is 6. The maximum Gasteiger partial charge on any atom is 0.252 e. The number of hydrogen-bond donors (Lipinski definition) is 0. The van der Waals surface area contributed by atoms with E-state index in [1.807, 2.05) is 0 Å². The van der Waals surface area contributed by atoms with E-state index in [-0.39, 0.29) is 28.4 Å². The molecule has 2 aliphatic rings. The van der Waals surface area contributed by atoms with Gasteiger partial charge in [0.15, 0.2) is 5.58 Å². The maximum atomic E-state index is 6.90. The first-order chi connectivity index (χ1) is 37.2. The van der Waals surface area contributed by atoms with Crippen LogP contribution in [-0.2, 0) is 21.7 Å². The zero-order valence-electron chi connectivity index (χ0n) is 47.1. The average molecular weight is 1020 g/mol. The average Bonchev–Trinajstić information content (AvgIpc) is 3.75. The fourth-order valence-corrected chi connectivity index (χ4v) is 11.8. The predicted octanol–water partition coefficient (Wildman–Crippen LogP) is 18.1. The van der Waals surface area contributed by atoms with Crippen LogP contribution in [0.1, 0.15) is 105 Å². The number of nitrogens with zero attached hydrogens (tertiary/aromatic N) is 4. The predicted molar refractivity (Wildman–Crippen MR) is 330 cm³/mol. The second kappa shape index (κ2) is 17.6. The third-order valence-electron chi connectivity index (χ3n) is 16.3. The van der Waals surface area contributed by atoms with Crippen LogP contribution in [0.3, 0.4) is 0 Å². The summed E-state index contributed by atoms with van der Waals surface area (Å²) in [6.07, 6.45) is 0. The number of anilines is 9. The van der Waals surface area contributed by atoms with Crippen molar-refractivity contribution in [3.8, 4) is 11.5 Å². The van der Waals surface area contributed by atoms with Crippen LogP contribution in [0, 0.1) is 0 Å². The first-order valence-corrected chi connectivity index (χ1v) is 27.6. The Bertz CT molecular complexity index is 4090. The summed E-state index contributed by atoms with van der Waals surface area (Å²) in [6.45, 7) is 27.2. The van der Waals surface area contributed by atoms with Crippen LogP contribution in [0.25, 0.3) is 44.5 Å². The molecule has 0 unspecified atom stereocenters. The van der Waals surface area contributed by atoms with Gasteiger partial charge in [0.25, 0.3) is 6.71 Å². The normalized spacial score (nSPS) is 13.6. The molecule has 2 aliphatic heterocycles. The number of oxazole rings is 1. The topological polar surface area (TPSA) is 48.9 Å². The standard InChI is InChI=1S/C71H67BN4O2/c1-68(2,3)45-25-23-44(24-26-45)67-73-58-42-57-60(43-65(58)78-67)76(52-33-36-64-55(40-52)54-37-47(70(7,8)9)29-35-63(54)77-64)62-39-48(71(10,11)12)38-61-66(62)72(57)56-34-32-53(74(49-19-15-13-16-20-49)50-21-17-14-18-22-50)41-59(56)75(61)51-30-27-46(28-31-51)69(4,5)6/h13-43H,1-12H3. The van der Waals surface area contributed by atoms with Gasteiger partial charge in [-0.25, -0.2) is 4.98 Å². The minimum atomic E-state index is -0.214. The van der Waals surface area contributed by atoms with Crippen molar-refractivity contribution < 1.29 is 8.83 Å². The number of rotatable bonds is 6. The largest absolute Gasteiger partial charge is 0.456 e. The van der Waals surface area contributed by atoms with Crippen LogP contribution in [0.15, 0.2) is 197 Å². The molecule has 2 aromatic heterocycles. The van der Waals surface area contributed by atoms with Crippen molar-refractivity contribution in [2.45, 2.75) is 105 Å². The Hall–Kier alpha value is -8.29. The lowest BCUT2D eigenvalue weighted by Crippen LogP contribution is -2.61. The molecule has 9 aromatic carbocycles. The highest BCUT2D eigenvalue weighted by Gasteiger charge is 2.45. The van der Waals surface area contributed by atoms with E-state index in [2.05, 4.69) is 286 Å². The molecule has 4 heterocycles.